The Labute approximate surface area is 127 Å². The molecule has 116 valence electrons. The lowest BCUT2D eigenvalue weighted by Crippen LogP contribution is -2.42. The molecule has 0 saturated carbocycles. The quantitative estimate of drug-likeness (QED) is 0.665. The average Bonchev–Trinajstić information content (AvgIpc) is 2.47. The Morgan fingerprint density at radius 3 is 2.81 bits per heavy atom. The summed E-state index contributed by atoms with van der Waals surface area (Å²) in [7, 11) is -3.85. The molecule has 2 rings (SSSR count). The molecule has 1 aromatic rings. The van der Waals surface area contributed by atoms with Crippen molar-refractivity contribution in [2.24, 2.45) is 11.7 Å². The standard InChI is InChI=1S/C12H16ClN3O4S/c13-11-4-3-10(16(17)18)6-12(11)21(19,20)15-5-1-2-9(7-14)8-15/h3-4,6,9H,1-2,5,7-8,14H2. The van der Waals surface area contributed by atoms with Gasteiger partial charge in [0.1, 0.15) is 4.90 Å². The fourth-order valence-corrected chi connectivity index (χ4v) is 4.43. The number of nitro benzene ring substituents is 1. The summed E-state index contributed by atoms with van der Waals surface area (Å²) in [6.45, 7) is 1.10. The third kappa shape index (κ3) is 3.34. The fraction of sp³-hybridized carbons (Fsp3) is 0.500. The van der Waals surface area contributed by atoms with E-state index in [0.717, 1.165) is 12.5 Å². The number of benzene rings is 1. The molecule has 1 fully saturated rings. The van der Waals surface area contributed by atoms with E-state index < -0.39 is 14.9 Å². The van der Waals surface area contributed by atoms with E-state index in [1.807, 2.05) is 0 Å². The summed E-state index contributed by atoms with van der Waals surface area (Å²) in [6.07, 6.45) is 1.60. The van der Waals surface area contributed by atoms with E-state index in [-0.39, 0.29) is 21.5 Å². The maximum absolute atomic E-state index is 12.6. The van der Waals surface area contributed by atoms with Crippen molar-refractivity contribution in [1.29, 1.82) is 0 Å². The second kappa shape index (κ2) is 6.27. The zero-order valence-corrected chi connectivity index (χ0v) is 12.8. The number of rotatable bonds is 4. The number of nitrogens with two attached hydrogens (primary N) is 1. The number of halogens is 1. The number of piperidine rings is 1. The highest BCUT2D eigenvalue weighted by Crippen LogP contribution is 2.30. The minimum atomic E-state index is -3.85. The normalized spacial score (nSPS) is 20.4. The summed E-state index contributed by atoms with van der Waals surface area (Å²) in [5, 5.41) is 10.8. The number of nitrogens with zero attached hydrogens (tertiary/aromatic N) is 2. The molecule has 1 aliphatic heterocycles. The molecule has 7 nitrogen and oxygen atoms in total. The molecular weight excluding hydrogens is 318 g/mol. The monoisotopic (exact) mass is 333 g/mol. The molecule has 0 radical (unpaired) electrons. The lowest BCUT2D eigenvalue weighted by molar-refractivity contribution is -0.385. The predicted molar refractivity (Wildman–Crippen MR) is 78.6 cm³/mol. The summed E-state index contributed by atoms with van der Waals surface area (Å²) in [5.74, 6) is 0.103. The van der Waals surface area contributed by atoms with Crippen LogP contribution in [0.3, 0.4) is 0 Å². The summed E-state index contributed by atoms with van der Waals surface area (Å²) in [4.78, 5) is 9.93. The van der Waals surface area contributed by atoms with Gasteiger partial charge >= 0.3 is 0 Å². The van der Waals surface area contributed by atoms with Crippen LogP contribution in [-0.4, -0.2) is 37.3 Å². The predicted octanol–water partition coefficient (Wildman–Crippen LogP) is 1.61. The van der Waals surface area contributed by atoms with Crippen molar-refractivity contribution in [1.82, 2.24) is 4.31 Å². The molecule has 0 aliphatic carbocycles. The van der Waals surface area contributed by atoms with Crippen LogP contribution in [0.4, 0.5) is 5.69 Å². The largest absolute Gasteiger partial charge is 0.330 e. The molecule has 0 aromatic heterocycles. The van der Waals surface area contributed by atoms with Gasteiger partial charge in [-0.25, -0.2) is 8.42 Å². The highest BCUT2D eigenvalue weighted by molar-refractivity contribution is 7.89. The Kier molecular flexibility index (Phi) is 4.82. The van der Waals surface area contributed by atoms with Gasteiger partial charge < -0.3 is 5.73 Å². The Morgan fingerprint density at radius 1 is 1.48 bits per heavy atom. The highest BCUT2D eigenvalue weighted by atomic mass is 35.5. The first-order chi connectivity index (χ1) is 9.86. The molecule has 0 bridgehead atoms. The van der Waals surface area contributed by atoms with E-state index >= 15 is 0 Å². The number of sulfonamides is 1. The van der Waals surface area contributed by atoms with Crippen LogP contribution in [0.1, 0.15) is 12.8 Å². The number of hydrogen-bond acceptors (Lipinski definition) is 5. The highest BCUT2D eigenvalue weighted by Gasteiger charge is 2.32. The maximum Gasteiger partial charge on any atom is 0.270 e. The minimum Gasteiger partial charge on any atom is -0.330 e. The van der Waals surface area contributed by atoms with Gasteiger partial charge in [0.05, 0.1) is 9.95 Å². The fourth-order valence-electron chi connectivity index (χ4n) is 2.38. The molecule has 1 aliphatic rings. The van der Waals surface area contributed by atoms with E-state index in [4.69, 9.17) is 17.3 Å². The van der Waals surface area contributed by atoms with Crippen molar-refractivity contribution in [3.8, 4) is 0 Å². The number of non-ortho nitro benzene ring substituents is 1. The first-order valence-corrected chi connectivity index (χ1v) is 8.32. The van der Waals surface area contributed by atoms with Gasteiger partial charge in [-0.15, -0.1) is 0 Å². The molecular formula is C12H16ClN3O4S. The van der Waals surface area contributed by atoms with Crippen molar-refractivity contribution in [3.63, 3.8) is 0 Å². The topological polar surface area (TPSA) is 107 Å². The molecule has 21 heavy (non-hydrogen) atoms. The van der Waals surface area contributed by atoms with Crippen molar-refractivity contribution in [2.45, 2.75) is 17.7 Å². The van der Waals surface area contributed by atoms with Crippen LogP contribution in [0.25, 0.3) is 0 Å². The third-order valence-corrected chi connectivity index (χ3v) is 5.91. The zero-order valence-electron chi connectivity index (χ0n) is 11.2. The van der Waals surface area contributed by atoms with E-state index in [0.29, 0.717) is 26.1 Å². The molecule has 0 spiro atoms. The van der Waals surface area contributed by atoms with E-state index in [1.54, 1.807) is 0 Å². The van der Waals surface area contributed by atoms with Gasteiger partial charge in [0.25, 0.3) is 5.69 Å². The molecule has 1 heterocycles. The van der Waals surface area contributed by atoms with E-state index in [9.17, 15) is 18.5 Å². The van der Waals surface area contributed by atoms with Crippen molar-refractivity contribution in [2.75, 3.05) is 19.6 Å². The van der Waals surface area contributed by atoms with Crippen LogP contribution >= 0.6 is 11.6 Å². The van der Waals surface area contributed by atoms with Gasteiger partial charge in [-0.05, 0) is 31.4 Å². The van der Waals surface area contributed by atoms with Gasteiger partial charge in [0, 0.05) is 25.2 Å². The minimum absolute atomic E-state index is 0.0181. The number of nitro groups is 1. The van der Waals surface area contributed by atoms with Crippen LogP contribution in [0.15, 0.2) is 23.1 Å². The van der Waals surface area contributed by atoms with Gasteiger partial charge in [0.2, 0.25) is 10.0 Å². The summed E-state index contributed by atoms with van der Waals surface area (Å²) >= 11 is 5.92. The molecule has 2 N–H and O–H groups in total. The lowest BCUT2D eigenvalue weighted by Gasteiger charge is -2.31. The van der Waals surface area contributed by atoms with Crippen LogP contribution in [0, 0.1) is 16.0 Å². The summed E-state index contributed by atoms with van der Waals surface area (Å²) < 4.78 is 26.5. The lowest BCUT2D eigenvalue weighted by atomic mass is 10.0. The smallest absolute Gasteiger partial charge is 0.270 e. The molecule has 1 saturated heterocycles. The molecule has 0 amide bonds. The van der Waals surface area contributed by atoms with Crippen molar-refractivity contribution in [3.05, 3.63) is 33.3 Å². The van der Waals surface area contributed by atoms with Gasteiger partial charge in [-0.2, -0.15) is 4.31 Å². The summed E-state index contributed by atoms with van der Waals surface area (Å²) in [6, 6.07) is 3.42. The third-order valence-electron chi connectivity index (χ3n) is 3.56. The van der Waals surface area contributed by atoms with Gasteiger partial charge in [-0.3, -0.25) is 10.1 Å². The van der Waals surface area contributed by atoms with Gasteiger partial charge in [0.15, 0.2) is 0 Å². The first kappa shape index (κ1) is 16.2. The van der Waals surface area contributed by atoms with E-state index in [1.165, 1.54) is 16.4 Å². The molecule has 1 atom stereocenters. The summed E-state index contributed by atoms with van der Waals surface area (Å²) in [5.41, 5.74) is 5.30. The van der Waals surface area contributed by atoms with Crippen molar-refractivity contribution >= 4 is 27.3 Å². The Bertz CT molecular complexity index is 650. The zero-order chi connectivity index (χ0) is 15.6. The second-order valence-electron chi connectivity index (χ2n) is 4.98. The Morgan fingerprint density at radius 2 is 2.19 bits per heavy atom. The molecule has 1 unspecified atom stereocenters. The van der Waals surface area contributed by atoms with Gasteiger partial charge in [-0.1, -0.05) is 11.6 Å². The van der Waals surface area contributed by atoms with Crippen LogP contribution in [0.5, 0.6) is 0 Å². The first-order valence-electron chi connectivity index (χ1n) is 6.50. The average molecular weight is 334 g/mol. The Balaban J connectivity index is 2.39. The molecule has 1 aromatic carbocycles. The van der Waals surface area contributed by atoms with E-state index in [2.05, 4.69) is 0 Å². The van der Waals surface area contributed by atoms with Crippen LogP contribution in [0.2, 0.25) is 5.02 Å². The van der Waals surface area contributed by atoms with Crippen molar-refractivity contribution < 1.29 is 13.3 Å². The van der Waals surface area contributed by atoms with Crippen LogP contribution in [-0.2, 0) is 10.0 Å². The Hall–Kier alpha value is -1.22. The maximum atomic E-state index is 12.6. The second-order valence-corrected chi connectivity index (χ2v) is 7.29. The molecule has 9 heteroatoms. The SMILES string of the molecule is NCC1CCCN(S(=O)(=O)c2cc([N+](=O)[O-])ccc2Cl)C1. The van der Waals surface area contributed by atoms with Crippen LogP contribution < -0.4 is 5.73 Å². The number of hydrogen-bond donors (Lipinski definition) is 1.